The normalized spacial score (nSPS) is 20.2. The van der Waals surface area contributed by atoms with Gasteiger partial charge >= 0.3 is 5.97 Å². The molecule has 6 heteroatoms. The highest BCUT2D eigenvalue weighted by Gasteiger charge is 2.28. The van der Waals surface area contributed by atoms with Crippen LogP contribution in [0.25, 0.3) is 0 Å². The summed E-state index contributed by atoms with van der Waals surface area (Å²) in [4.78, 5) is 33.6. The fraction of sp³-hybridized carbons (Fsp3) is 0.769. The van der Waals surface area contributed by atoms with Gasteiger partial charge in [0.25, 0.3) is 0 Å². The average molecular weight is 270 g/mol. The molecule has 0 aliphatic carbocycles. The van der Waals surface area contributed by atoms with Crippen molar-refractivity contribution in [3.05, 3.63) is 0 Å². The van der Waals surface area contributed by atoms with Gasteiger partial charge in [-0.1, -0.05) is 13.8 Å². The Morgan fingerprint density at radius 1 is 1.47 bits per heavy atom. The van der Waals surface area contributed by atoms with Gasteiger partial charge < -0.3 is 15.7 Å². The van der Waals surface area contributed by atoms with Crippen LogP contribution in [0.4, 0.5) is 0 Å². The van der Waals surface area contributed by atoms with E-state index in [0.29, 0.717) is 19.0 Å². The molecule has 0 spiro atoms. The van der Waals surface area contributed by atoms with Crippen LogP contribution in [0.1, 0.15) is 33.1 Å². The SMILES string of the molecule is CC(C)CC(CNC(=O)C1CNC(=O)C1)CC(=O)O. The van der Waals surface area contributed by atoms with Crippen LogP contribution in [0.5, 0.6) is 0 Å². The lowest BCUT2D eigenvalue weighted by Gasteiger charge is -2.18. The van der Waals surface area contributed by atoms with Gasteiger partial charge in [-0.2, -0.15) is 0 Å². The zero-order valence-corrected chi connectivity index (χ0v) is 11.4. The molecule has 1 saturated heterocycles. The number of hydrogen-bond donors (Lipinski definition) is 3. The number of rotatable bonds is 7. The van der Waals surface area contributed by atoms with E-state index in [1.807, 2.05) is 13.8 Å². The lowest BCUT2D eigenvalue weighted by Crippen LogP contribution is -2.36. The molecule has 0 bridgehead atoms. The molecular weight excluding hydrogens is 248 g/mol. The summed E-state index contributed by atoms with van der Waals surface area (Å²) in [6.07, 6.45) is 1.04. The van der Waals surface area contributed by atoms with Crippen molar-refractivity contribution in [3.63, 3.8) is 0 Å². The first-order valence-electron chi connectivity index (χ1n) is 6.64. The van der Waals surface area contributed by atoms with Crippen molar-refractivity contribution in [2.75, 3.05) is 13.1 Å². The molecule has 6 nitrogen and oxygen atoms in total. The Labute approximate surface area is 112 Å². The maximum atomic E-state index is 11.8. The molecule has 19 heavy (non-hydrogen) atoms. The molecule has 1 rings (SSSR count). The molecule has 0 aromatic carbocycles. The second-order valence-corrected chi connectivity index (χ2v) is 5.54. The maximum Gasteiger partial charge on any atom is 0.303 e. The number of amides is 2. The molecule has 1 heterocycles. The van der Waals surface area contributed by atoms with Crippen molar-refractivity contribution in [2.45, 2.75) is 33.1 Å². The van der Waals surface area contributed by atoms with E-state index in [-0.39, 0.29) is 36.5 Å². The lowest BCUT2D eigenvalue weighted by atomic mass is 9.94. The molecule has 2 amide bonds. The van der Waals surface area contributed by atoms with E-state index in [1.165, 1.54) is 0 Å². The Morgan fingerprint density at radius 2 is 2.16 bits per heavy atom. The van der Waals surface area contributed by atoms with Gasteiger partial charge in [0.15, 0.2) is 0 Å². The van der Waals surface area contributed by atoms with Gasteiger partial charge in [-0.15, -0.1) is 0 Å². The standard InChI is InChI=1S/C13H22N2O4/c1-8(2)3-9(4-12(17)18)6-15-13(19)10-5-11(16)14-7-10/h8-10H,3-7H2,1-2H3,(H,14,16)(H,15,19)(H,17,18). The Kier molecular flexibility index (Phi) is 5.79. The van der Waals surface area contributed by atoms with Gasteiger partial charge in [-0.25, -0.2) is 0 Å². The summed E-state index contributed by atoms with van der Waals surface area (Å²) < 4.78 is 0. The molecule has 1 aliphatic rings. The third kappa shape index (κ3) is 5.72. The number of carbonyl (C=O) groups is 3. The summed E-state index contributed by atoms with van der Waals surface area (Å²) in [5.74, 6) is -1.13. The van der Waals surface area contributed by atoms with E-state index >= 15 is 0 Å². The third-order valence-corrected chi connectivity index (χ3v) is 3.18. The van der Waals surface area contributed by atoms with E-state index in [0.717, 1.165) is 6.42 Å². The quantitative estimate of drug-likeness (QED) is 0.623. The van der Waals surface area contributed by atoms with Crippen molar-refractivity contribution in [1.29, 1.82) is 0 Å². The number of carboxylic acids is 1. The first-order chi connectivity index (χ1) is 8.88. The Hall–Kier alpha value is -1.59. The molecule has 2 atom stereocenters. The molecule has 108 valence electrons. The Balaban J connectivity index is 2.39. The number of aliphatic carboxylic acids is 1. The summed E-state index contributed by atoms with van der Waals surface area (Å²) in [7, 11) is 0. The molecule has 3 N–H and O–H groups in total. The molecule has 2 unspecified atom stereocenters. The minimum Gasteiger partial charge on any atom is -0.481 e. The summed E-state index contributed by atoms with van der Waals surface area (Å²) in [6.45, 7) is 4.78. The van der Waals surface area contributed by atoms with Crippen molar-refractivity contribution in [1.82, 2.24) is 10.6 Å². The highest BCUT2D eigenvalue weighted by Crippen LogP contribution is 2.15. The summed E-state index contributed by atoms with van der Waals surface area (Å²) in [5, 5.41) is 14.2. The van der Waals surface area contributed by atoms with Crippen molar-refractivity contribution >= 4 is 17.8 Å². The van der Waals surface area contributed by atoms with Gasteiger partial charge in [-0.3, -0.25) is 14.4 Å². The molecule has 0 saturated carbocycles. The highest BCUT2D eigenvalue weighted by molar-refractivity contribution is 5.89. The van der Waals surface area contributed by atoms with E-state index < -0.39 is 5.97 Å². The molecule has 0 aromatic heterocycles. The van der Waals surface area contributed by atoms with Gasteiger partial charge in [-0.05, 0) is 18.3 Å². The van der Waals surface area contributed by atoms with Gasteiger partial charge in [0, 0.05) is 25.9 Å². The number of hydrogen-bond acceptors (Lipinski definition) is 3. The van der Waals surface area contributed by atoms with Crippen LogP contribution in [0.15, 0.2) is 0 Å². The minimum absolute atomic E-state index is 0.0559. The fourth-order valence-electron chi connectivity index (χ4n) is 2.33. The van der Waals surface area contributed by atoms with Crippen LogP contribution < -0.4 is 10.6 Å². The van der Waals surface area contributed by atoms with Crippen LogP contribution in [-0.4, -0.2) is 36.0 Å². The van der Waals surface area contributed by atoms with Crippen LogP contribution in [0.2, 0.25) is 0 Å². The van der Waals surface area contributed by atoms with Crippen molar-refractivity contribution < 1.29 is 19.5 Å². The van der Waals surface area contributed by atoms with Crippen LogP contribution in [0.3, 0.4) is 0 Å². The predicted octanol–water partition coefficient (Wildman–Crippen LogP) is 0.376. The minimum atomic E-state index is -0.849. The number of nitrogens with one attached hydrogen (secondary N) is 2. The highest BCUT2D eigenvalue weighted by atomic mass is 16.4. The first-order valence-corrected chi connectivity index (χ1v) is 6.64. The van der Waals surface area contributed by atoms with Crippen LogP contribution in [-0.2, 0) is 14.4 Å². The van der Waals surface area contributed by atoms with E-state index in [4.69, 9.17) is 5.11 Å². The molecule has 1 fully saturated rings. The topological polar surface area (TPSA) is 95.5 Å². The molecule has 1 aliphatic heterocycles. The average Bonchev–Trinajstić information content (AvgIpc) is 2.71. The predicted molar refractivity (Wildman–Crippen MR) is 69.3 cm³/mol. The Morgan fingerprint density at radius 3 is 2.63 bits per heavy atom. The van der Waals surface area contributed by atoms with E-state index in [9.17, 15) is 14.4 Å². The smallest absolute Gasteiger partial charge is 0.303 e. The first kappa shape index (κ1) is 15.5. The lowest BCUT2D eigenvalue weighted by molar-refractivity contribution is -0.138. The van der Waals surface area contributed by atoms with Gasteiger partial charge in [0.1, 0.15) is 0 Å². The van der Waals surface area contributed by atoms with Crippen molar-refractivity contribution in [3.8, 4) is 0 Å². The summed E-state index contributed by atoms with van der Waals surface area (Å²) >= 11 is 0. The van der Waals surface area contributed by atoms with Gasteiger partial charge in [0.2, 0.25) is 11.8 Å². The molecular formula is C13H22N2O4. The number of carboxylic acid groups (broad SMARTS) is 1. The van der Waals surface area contributed by atoms with Crippen LogP contribution in [0, 0.1) is 17.8 Å². The fourth-order valence-corrected chi connectivity index (χ4v) is 2.33. The molecule has 0 aromatic rings. The summed E-state index contributed by atoms with van der Waals surface area (Å²) in [5.41, 5.74) is 0. The van der Waals surface area contributed by atoms with Crippen LogP contribution >= 0.6 is 0 Å². The number of carbonyl (C=O) groups excluding carboxylic acids is 2. The Bertz CT molecular complexity index is 355. The molecule has 0 radical (unpaired) electrons. The monoisotopic (exact) mass is 270 g/mol. The summed E-state index contributed by atoms with van der Waals surface area (Å²) in [6, 6.07) is 0. The zero-order chi connectivity index (χ0) is 14.4. The van der Waals surface area contributed by atoms with Gasteiger partial charge in [0.05, 0.1) is 5.92 Å². The largest absolute Gasteiger partial charge is 0.481 e. The second-order valence-electron chi connectivity index (χ2n) is 5.54. The third-order valence-electron chi connectivity index (χ3n) is 3.18. The van der Waals surface area contributed by atoms with Crippen molar-refractivity contribution in [2.24, 2.45) is 17.8 Å². The second kappa shape index (κ2) is 7.11. The van der Waals surface area contributed by atoms with E-state index in [1.54, 1.807) is 0 Å². The van der Waals surface area contributed by atoms with E-state index in [2.05, 4.69) is 10.6 Å². The zero-order valence-electron chi connectivity index (χ0n) is 11.4. The maximum absolute atomic E-state index is 11.8.